The van der Waals surface area contributed by atoms with E-state index in [4.69, 9.17) is 20.9 Å². The lowest BCUT2D eigenvalue weighted by atomic mass is 10.1. The maximum Gasteiger partial charge on any atom is 0.0906 e. The summed E-state index contributed by atoms with van der Waals surface area (Å²) in [5.74, 6) is 1.66. The summed E-state index contributed by atoms with van der Waals surface area (Å²) >= 11 is 0. The molecule has 0 heterocycles. The lowest BCUT2D eigenvalue weighted by Gasteiger charge is -2.18. The van der Waals surface area contributed by atoms with Crippen LogP contribution in [-0.2, 0) is 9.47 Å². The Morgan fingerprint density at radius 1 is 0.542 bits per heavy atom. The molecule has 1 unspecified atom stereocenters. The van der Waals surface area contributed by atoms with Crippen molar-refractivity contribution in [1.82, 2.24) is 0 Å². The minimum atomic E-state index is 0.137. The summed E-state index contributed by atoms with van der Waals surface area (Å²) in [6.07, 6.45) is 49.6. The maximum atomic E-state index is 6.28. The number of allylic oxidation sites excluding steroid dienone is 6. The molecule has 6 heteroatoms. The summed E-state index contributed by atoms with van der Waals surface area (Å²) in [4.78, 5) is 0. The van der Waals surface area contributed by atoms with Gasteiger partial charge in [0, 0.05) is 36.6 Å². The Balaban J connectivity index is 3.83. The Labute approximate surface area is 307 Å². The molecule has 48 heavy (non-hydrogen) atoms. The standard InChI is InChI=1S/C42H80N2O2S2/c1-3-5-7-9-11-13-15-17-19-21-23-25-27-29-31-33-35-45-38-42(40-48-47-39-41(44)37-43)46-36-34-32-30-28-26-24-22-20-18-16-14-12-10-8-6-4-2/h12,14,17-20,37,42H,3-11,13,15-16,21-36,38-40,43-44H2,1-2H3/b14-12-,19-17-,20-18-,41-37-. The highest BCUT2D eigenvalue weighted by molar-refractivity contribution is 8.76. The van der Waals surface area contributed by atoms with E-state index >= 15 is 0 Å². The fraction of sp³-hybridized carbons (Fsp3) is 0.810. The molecular weight excluding hydrogens is 629 g/mol. The highest BCUT2D eigenvalue weighted by Gasteiger charge is 2.10. The Bertz CT molecular complexity index is 741. The Hall–Kier alpha value is -0.820. The van der Waals surface area contributed by atoms with Crippen LogP contribution in [0, 0.1) is 0 Å². The molecule has 4 nitrogen and oxygen atoms in total. The molecule has 282 valence electrons. The van der Waals surface area contributed by atoms with Gasteiger partial charge in [-0.2, -0.15) is 0 Å². The second-order valence-corrected chi connectivity index (χ2v) is 15.9. The molecule has 0 amide bonds. The second kappa shape index (κ2) is 42.3. The van der Waals surface area contributed by atoms with Crippen LogP contribution in [0.3, 0.4) is 0 Å². The average Bonchev–Trinajstić information content (AvgIpc) is 3.10. The topological polar surface area (TPSA) is 70.5 Å². The Morgan fingerprint density at radius 3 is 1.52 bits per heavy atom. The predicted octanol–water partition coefficient (Wildman–Crippen LogP) is 13.4. The molecule has 0 aliphatic heterocycles. The van der Waals surface area contributed by atoms with Gasteiger partial charge in [-0.3, -0.25) is 0 Å². The van der Waals surface area contributed by atoms with E-state index in [0.717, 1.165) is 49.7 Å². The molecule has 1 atom stereocenters. The molecule has 0 radical (unpaired) electrons. The van der Waals surface area contributed by atoms with Crippen molar-refractivity contribution in [3.8, 4) is 0 Å². The van der Waals surface area contributed by atoms with Crippen LogP contribution < -0.4 is 11.5 Å². The Kier molecular flexibility index (Phi) is 41.6. The second-order valence-electron chi connectivity index (χ2n) is 13.4. The van der Waals surface area contributed by atoms with Crippen LogP contribution in [0.2, 0.25) is 0 Å². The first kappa shape index (κ1) is 47.2. The van der Waals surface area contributed by atoms with Gasteiger partial charge in [0.05, 0.1) is 12.7 Å². The molecule has 4 N–H and O–H groups in total. The van der Waals surface area contributed by atoms with Crippen LogP contribution in [-0.4, -0.2) is 37.4 Å². The van der Waals surface area contributed by atoms with Crippen molar-refractivity contribution < 1.29 is 9.47 Å². The molecule has 0 aromatic heterocycles. The first-order chi connectivity index (χ1) is 23.7. The number of unbranched alkanes of at least 4 members (excludes halogenated alkanes) is 21. The van der Waals surface area contributed by atoms with Gasteiger partial charge in [-0.15, -0.1) is 0 Å². The largest absolute Gasteiger partial charge is 0.403 e. The van der Waals surface area contributed by atoms with E-state index in [1.807, 2.05) is 0 Å². The van der Waals surface area contributed by atoms with Gasteiger partial charge in [-0.05, 0) is 70.6 Å². The van der Waals surface area contributed by atoms with Gasteiger partial charge >= 0.3 is 0 Å². The van der Waals surface area contributed by atoms with Crippen LogP contribution in [0.5, 0.6) is 0 Å². The molecular formula is C42H80N2O2S2. The van der Waals surface area contributed by atoms with Gasteiger partial charge in [0.25, 0.3) is 0 Å². The average molecular weight is 709 g/mol. The normalized spacial score (nSPS) is 13.2. The van der Waals surface area contributed by atoms with E-state index in [-0.39, 0.29) is 6.10 Å². The third-order valence-corrected chi connectivity index (χ3v) is 11.0. The first-order valence-electron chi connectivity index (χ1n) is 20.3. The van der Waals surface area contributed by atoms with Crippen molar-refractivity contribution in [3.05, 3.63) is 48.4 Å². The lowest BCUT2D eigenvalue weighted by molar-refractivity contribution is -0.00609. The summed E-state index contributed by atoms with van der Waals surface area (Å²) in [5, 5.41) is 0. The molecule has 0 fully saturated rings. The zero-order chi connectivity index (χ0) is 34.9. The van der Waals surface area contributed by atoms with E-state index in [2.05, 4.69) is 50.3 Å². The fourth-order valence-electron chi connectivity index (χ4n) is 5.43. The quantitative estimate of drug-likeness (QED) is 0.0376. The third kappa shape index (κ3) is 39.6. The molecule has 0 saturated carbocycles. The van der Waals surface area contributed by atoms with E-state index in [1.54, 1.807) is 21.6 Å². The maximum absolute atomic E-state index is 6.28. The van der Waals surface area contributed by atoms with Gasteiger partial charge in [-0.1, -0.05) is 168 Å². The summed E-state index contributed by atoms with van der Waals surface area (Å²) in [7, 11) is 3.55. The van der Waals surface area contributed by atoms with Gasteiger partial charge in [0.1, 0.15) is 0 Å². The van der Waals surface area contributed by atoms with Crippen LogP contribution in [0.1, 0.15) is 181 Å². The number of rotatable bonds is 39. The van der Waals surface area contributed by atoms with Gasteiger partial charge in [0.2, 0.25) is 0 Å². The van der Waals surface area contributed by atoms with Gasteiger partial charge in [0.15, 0.2) is 0 Å². The highest BCUT2D eigenvalue weighted by atomic mass is 33.1. The molecule has 0 aromatic rings. The van der Waals surface area contributed by atoms with Crippen LogP contribution in [0.25, 0.3) is 0 Å². The van der Waals surface area contributed by atoms with E-state index < -0.39 is 0 Å². The van der Waals surface area contributed by atoms with Crippen LogP contribution in [0.4, 0.5) is 0 Å². The summed E-state index contributed by atoms with van der Waals surface area (Å²) < 4.78 is 12.4. The minimum Gasteiger partial charge on any atom is -0.403 e. The number of ether oxygens (including phenoxy) is 2. The monoisotopic (exact) mass is 709 g/mol. The van der Waals surface area contributed by atoms with E-state index in [1.165, 1.54) is 154 Å². The zero-order valence-corrected chi connectivity index (χ0v) is 33.5. The first-order valence-corrected chi connectivity index (χ1v) is 22.8. The van der Waals surface area contributed by atoms with Crippen molar-refractivity contribution in [2.24, 2.45) is 11.5 Å². The van der Waals surface area contributed by atoms with E-state index in [0.29, 0.717) is 6.61 Å². The third-order valence-electron chi connectivity index (χ3n) is 8.58. The minimum absolute atomic E-state index is 0.137. The molecule has 0 bridgehead atoms. The van der Waals surface area contributed by atoms with Crippen LogP contribution in [0.15, 0.2) is 48.4 Å². The Morgan fingerprint density at radius 2 is 0.979 bits per heavy atom. The zero-order valence-electron chi connectivity index (χ0n) is 31.8. The number of nitrogens with two attached hydrogens (primary N) is 2. The summed E-state index contributed by atoms with van der Waals surface area (Å²) in [5.41, 5.74) is 12.1. The van der Waals surface area contributed by atoms with Crippen molar-refractivity contribution in [1.29, 1.82) is 0 Å². The smallest absolute Gasteiger partial charge is 0.0906 e. The van der Waals surface area contributed by atoms with E-state index in [9.17, 15) is 0 Å². The summed E-state index contributed by atoms with van der Waals surface area (Å²) in [6, 6.07) is 0. The SMILES string of the molecule is CCCCC/C=C\C/C=C\CCCCCCCCOC(COCCCCCCCC/C=C\CCCCCCCC)CSSC/C(N)=C/N. The van der Waals surface area contributed by atoms with Gasteiger partial charge in [-0.25, -0.2) is 0 Å². The highest BCUT2D eigenvalue weighted by Crippen LogP contribution is 2.24. The summed E-state index contributed by atoms with van der Waals surface area (Å²) in [6.45, 7) is 6.90. The van der Waals surface area contributed by atoms with Crippen molar-refractivity contribution in [2.45, 2.75) is 187 Å². The molecule has 0 spiro atoms. The van der Waals surface area contributed by atoms with Crippen molar-refractivity contribution >= 4 is 21.6 Å². The van der Waals surface area contributed by atoms with Gasteiger partial charge < -0.3 is 20.9 Å². The molecule has 0 saturated heterocycles. The predicted molar refractivity (Wildman–Crippen MR) is 221 cm³/mol. The molecule has 0 aromatic carbocycles. The molecule has 0 aliphatic rings. The number of hydrogen-bond donors (Lipinski definition) is 2. The number of hydrogen-bond acceptors (Lipinski definition) is 6. The van der Waals surface area contributed by atoms with Crippen LogP contribution >= 0.6 is 21.6 Å². The molecule has 0 aliphatic carbocycles. The lowest BCUT2D eigenvalue weighted by Crippen LogP contribution is -2.23. The van der Waals surface area contributed by atoms with Crippen molar-refractivity contribution in [2.75, 3.05) is 31.3 Å². The fourth-order valence-corrected chi connectivity index (χ4v) is 7.59. The molecule has 0 rings (SSSR count). The van der Waals surface area contributed by atoms with Crippen molar-refractivity contribution in [3.63, 3.8) is 0 Å².